The van der Waals surface area contributed by atoms with E-state index in [1.54, 1.807) is 0 Å². The Hall–Kier alpha value is -2.95. The van der Waals surface area contributed by atoms with Gasteiger partial charge in [0.15, 0.2) is 0 Å². The molecule has 6 aliphatic rings. The van der Waals surface area contributed by atoms with Crippen LogP contribution in [0.5, 0.6) is 0 Å². The molecule has 9 nitrogen and oxygen atoms in total. The standard InChI is InChI=1S/C29H38F2N6O3/c1-2-24(38)36-15-13-34(14-16-36)22-18-37-20(22)6-3-5-19-21(37)17-23(32-25(19)26(30)31)35-11-9-29(10-12-35)28(7-4-8-28)33-27(39)40-29/h2,17,20,22,26H,1,3-16,18H2,(H,33,39). The van der Waals surface area contributed by atoms with Crippen LogP contribution in [0.25, 0.3) is 0 Å². The molecule has 0 radical (unpaired) electrons. The first kappa shape index (κ1) is 26.0. The van der Waals surface area contributed by atoms with Crippen LogP contribution in [0.1, 0.15) is 62.6 Å². The Morgan fingerprint density at radius 3 is 2.50 bits per heavy atom. The zero-order chi connectivity index (χ0) is 27.6. The Balaban J connectivity index is 1.10. The van der Waals surface area contributed by atoms with Crippen molar-refractivity contribution in [1.29, 1.82) is 0 Å². The summed E-state index contributed by atoms with van der Waals surface area (Å²) < 4.78 is 34.7. The molecule has 1 aromatic rings. The minimum Gasteiger partial charge on any atom is -0.440 e. The van der Waals surface area contributed by atoms with Crippen molar-refractivity contribution >= 4 is 23.5 Å². The molecule has 0 bridgehead atoms. The van der Waals surface area contributed by atoms with E-state index in [9.17, 15) is 18.4 Å². The molecule has 40 heavy (non-hydrogen) atoms. The number of hydrogen-bond acceptors (Lipinski definition) is 7. The Morgan fingerprint density at radius 1 is 1.10 bits per heavy atom. The summed E-state index contributed by atoms with van der Waals surface area (Å²) in [7, 11) is 0. The first-order chi connectivity index (χ1) is 19.3. The van der Waals surface area contributed by atoms with E-state index in [4.69, 9.17) is 4.74 Å². The van der Waals surface area contributed by atoms with Crippen molar-refractivity contribution in [2.75, 3.05) is 55.6 Å². The second-order valence-corrected chi connectivity index (χ2v) is 12.3. The van der Waals surface area contributed by atoms with Crippen LogP contribution >= 0.6 is 0 Å². The van der Waals surface area contributed by atoms with Gasteiger partial charge in [-0.3, -0.25) is 9.69 Å². The third kappa shape index (κ3) is 3.90. The molecule has 4 saturated heterocycles. The normalized spacial score (nSPS) is 28.8. The number of piperazine rings is 1. The number of nitrogens with one attached hydrogen (secondary N) is 1. The molecule has 1 aromatic heterocycles. The lowest BCUT2D eigenvalue weighted by atomic mass is 9.62. The molecular weight excluding hydrogens is 518 g/mol. The number of carbonyl (C=O) groups is 2. The van der Waals surface area contributed by atoms with Crippen LogP contribution in [0.3, 0.4) is 0 Å². The van der Waals surface area contributed by atoms with E-state index >= 15 is 0 Å². The summed E-state index contributed by atoms with van der Waals surface area (Å²) in [4.78, 5) is 37.5. The third-order valence-electron chi connectivity index (χ3n) is 10.7. The molecule has 5 fully saturated rings. The van der Waals surface area contributed by atoms with Crippen LogP contribution in [-0.2, 0) is 16.0 Å². The molecule has 1 N–H and O–H groups in total. The van der Waals surface area contributed by atoms with Crippen molar-refractivity contribution in [1.82, 2.24) is 20.1 Å². The topological polar surface area (TPSA) is 81.2 Å². The number of alkyl carbamates (subject to hydrolysis) is 1. The number of carbonyl (C=O) groups excluding carboxylic acids is 2. The maximum atomic E-state index is 14.4. The Bertz CT molecular complexity index is 1210. The number of aromatic nitrogens is 1. The summed E-state index contributed by atoms with van der Waals surface area (Å²) in [6, 6.07) is 2.67. The highest BCUT2D eigenvalue weighted by molar-refractivity contribution is 5.87. The minimum absolute atomic E-state index is 0.0216. The largest absolute Gasteiger partial charge is 0.440 e. The molecule has 2 amide bonds. The number of fused-ring (bicyclic) bond motifs is 4. The molecule has 216 valence electrons. The molecule has 2 unspecified atom stereocenters. The van der Waals surface area contributed by atoms with Gasteiger partial charge in [-0.05, 0) is 44.6 Å². The number of pyridine rings is 1. The van der Waals surface area contributed by atoms with E-state index in [1.165, 1.54) is 6.08 Å². The lowest BCUT2D eigenvalue weighted by molar-refractivity contribution is -0.128. The van der Waals surface area contributed by atoms with E-state index in [-0.39, 0.29) is 29.3 Å². The molecule has 5 aliphatic heterocycles. The van der Waals surface area contributed by atoms with Crippen molar-refractivity contribution < 1.29 is 23.1 Å². The fourth-order valence-corrected chi connectivity index (χ4v) is 8.22. The number of nitrogens with zero attached hydrogens (tertiary/aromatic N) is 5. The average molecular weight is 557 g/mol. The van der Waals surface area contributed by atoms with Gasteiger partial charge in [0.1, 0.15) is 17.1 Å². The molecule has 2 atom stereocenters. The number of alkyl halides is 2. The number of rotatable bonds is 4. The van der Waals surface area contributed by atoms with Crippen molar-refractivity contribution in [2.45, 2.75) is 81.0 Å². The fourth-order valence-electron chi connectivity index (χ4n) is 8.22. The minimum atomic E-state index is -2.63. The summed E-state index contributed by atoms with van der Waals surface area (Å²) in [5, 5.41) is 3.09. The number of ether oxygens (including phenoxy) is 1. The summed E-state index contributed by atoms with van der Waals surface area (Å²) in [5.74, 6) is 0.580. The van der Waals surface area contributed by atoms with E-state index in [0.717, 1.165) is 57.4 Å². The smallest absolute Gasteiger partial charge is 0.408 e. The van der Waals surface area contributed by atoms with Crippen LogP contribution in [0.4, 0.5) is 25.1 Å². The molecular formula is C29H38F2N6O3. The van der Waals surface area contributed by atoms with Gasteiger partial charge in [-0.15, -0.1) is 0 Å². The summed E-state index contributed by atoms with van der Waals surface area (Å²) >= 11 is 0. The van der Waals surface area contributed by atoms with E-state index in [1.807, 2.05) is 11.0 Å². The van der Waals surface area contributed by atoms with E-state index < -0.39 is 12.0 Å². The summed E-state index contributed by atoms with van der Waals surface area (Å²) in [6.45, 7) is 8.66. The Morgan fingerprint density at radius 2 is 1.85 bits per heavy atom. The first-order valence-corrected chi connectivity index (χ1v) is 14.8. The SMILES string of the molecule is C=CC(=O)N1CCN(C2CN3c4cc(N5CCC6(CC5)OC(=O)NC65CCC5)nc(C(F)F)c4CCCC23)CC1. The highest BCUT2D eigenvalue weighted by Gasteiger charge is 2.63. The van der Waals surface area contributed by atoms with Gasteiger partial charge >= 0.3 is 6.09 Å². The fraction of sp³-hybridized carbons (Fsp3) is 0.690. The van der Waals surface area contributed by atoms with Crippen LogP contribution in [0, 0.1) is 0 Å². The molecule has 7 rings (SSSR count). The van der Waals surface area contributed by atoms with Gasteiger partial charge < -0.3 is 24.8 Å². The third-order valence-corrected chi connectivity index (χ3v) is 10.7. The van der Waals surface area contributed by atoms with Crippen molar-refractivity contribution in [3.05, 3.63) is 30.0 Å². The van der Waals surface area contributed by atoms with E-state index in [2.05, 4.69) is 31.6 Å². The predicted octanol–water partition coefficient (Wildman–Crippen LogP) is 3.24. The van der Waals surface area contributed by atoms with Gasteiger partial charge in [-0.2, -0.15) is 0 Å². The second-order valence-electron chi connectivity index (χ2n) is 12.3. The highest BCUT2D eigenvalue weighted by atomic mass is 19.3. The zero-order valence-electron chi connectivity index (χ0n) is 22.9. The number of amides is 2. The number of hydrogen-bond donors (Lipinski definition) is 1. The Labute approximate surface area is 233 Å². The summed E-state index contributed by atoms with van der Waals surface area (Å²) in [6.07, 6.45) is 5.12. The van der Waals surface area contributed by atoms with Gasteiger partial charge in [-0.25, -0.2) is 18.6 Å². The van der Waals surface area contributed by atoms with Gasteiger partial charge in [-0.1, -0.05) is 6.58 Å². The average Bonchev–Trinajstić information content (AvgIpc) is 3.14. The van der Waals surface area contributed by atoms with Crippen LogP contribution in [0.15, 0.2) is 18.7 Å². The van der Waals surface area contributed by atoms with E-state index in [0.29, 0.717) is 62.9 Å². The second kappa shape index (κ2) is 9.56. The van der Waals surface area contributed by atoms with Crippen LogP contribution in [0.2, 0.25) is 0 Å². The molecule has 2 spiro atoms. The zero-order valence-corrected chi connectivity index (χ0v) is 22.9. The van der Waals surface area contributed by atoms with Crippen molar-refractivity contribution in [3.8, 4) is 0 Å². The highest BCUT2D eigenvalue weighted by Crippen LogP contribution is 2.52. The van der Waals surface area contributed by atoms with Gasteiger partial charge in [0.25, 0.3) is 6.43 Å². The van der Waals surface area contributed by atoms with Crippen molar-refractivity contribution in [2.24, 2.45) is 0 Å². The lowest BCUT2D eigenvalue weighted by Crippen LogP contribution is -2.69. The molecule has 0 aromatic carbocycles. The monoisotopic (exact) mass is 556 g/mol. The molecule has 6 heterocycles. The van der Waals surface area contributed by atoms with Crippen LogP contribution < -0.4 is 15.1 Å². The maximum absolute atomic E-state index is 14.4. The summed E-state index contributed by atoms with van der Waals surface area (Å²) in [5.41, 5.74) is 0.737. The molecule has 1 aliphatic carbocycles. The van der Waals surface area contributed by atoms with Gasteiger partial charge in [0, 0.05) is 88.1 Å². The number of anilines is 2. The quantitative estimate of drug-likeness (QED) is 0.571. The van der Waals surface area contributed by atoms with Gasteiger partial charge in [0.05, 0.1) is 5.54 Å². The van der Waals surface area contributed by atoms with Crippen molar-refractivity contribution in [3.63, 3.8) is 0 Å². The van der Waals surface area contributed by atoms with Crippen LogP contribution in [-0.4, -0.2) is 95.8 Å². The number of halogens is 2. The van der Waals surface area contributed by atoms with Gasteiger partial charge in [0.2, 0.25) is 5.91 Å². The predicted molar refractivity (Wildman–Crippen MR) is 146 cm³/mol. The first-order valence-electron chi connectivity index (χ1n) is 14.8. The molecule has 1 saturated carbocycles. The lowest BCUT2D eigenvalue weighted by Gasteiger charge is -2.55. The molecule has 11 heteroatoms. The number of piperidine rings is 1. The maximum Gasteiger partial charge on any atom is 0.408 e. The Kier molecular flexibility index (Phi) is 6.21.